The lowest BCUT2D eigenvalue weighted by atomic mass is 10.2. The Bertz CT molecular complexity index is 380. The highest BCUT2D eigenvalue weighted by molar-refractivity contribution is 5.66. The van der Waals surface area contributed by atoms with E-state index in [4.69, 9.17) is 12.3 Å². The number of hydrogen-bond acceptors (Lipinski definition) is 2. The van der Waals surface area contributed by atoms with Crippen molar-refractivity contribution in [3.63, 3.8) is 0 Å². The molecule has 14 heavy (non-hydrogen) atoms. The van der Waals surface area contributed by atoms with Gasteiger partial charge in [0.25, 0.3) is 0 Å². The molecule has 74 valence electrons. The molecule has 0 aliphatic heterocycles. The van der Waals surface area contributed by atoms with Gasteiger partial charge in [0.05, 0.1) is 18.3 Å². The van der Waals surface area contributed by atoms with Gasteiger partial charge in [0.15, 0.2) is 0 Å². The third-order valence-electron chi connectivity index (χ3n) is 2.87. The van der Waals surface area contributed by atoms with Gasteiger partial charge in [-0.15, -0.1) is 0 Å². The average molecular weight is 190 g/mol. The molecule has 2 rings (SSSR count). The third kappa shape index (κ3) is 1.25. The first-order chi connectivity index (χ1) is 6.74. The van der Waals surface area contributed by atoms with Crippen LogP contribution in [0.1, 0.15) is 37.4 Å². The summed E-state index contributed by atoms with van der Waals surface area (Å²) >= 11 is 0. The van der Waals surface area contributed by atoms with Crippen molar-refractivity contribution in [3.8, 4) is 0 Å². The van der Waals surface area contributed by atoms with Crippen LogP contribution in [-0.2, 0) is 0 Å². The molecule has 1 aromatic heterocycles. The first-order valence-corrected chi connectivity index (χ1v) is 4.96. The zero-order chi connectivity index (χ0) is 10.1. The molecule has 0 amide bonds. The number of aromatic nitrogens is 2. The fourth-order valence-corrected chi connectivity index (χ4v) is 2.12. The largest absolute Gasteiger partial charge is 0.393 e. The number of aryl methyl sites for hydroxylation is 1. The molecule has 0 saturated heterocycles. The van der Waals surface area contributed by atoms with Gasteiger partial charge in [-0.3, -0.25) is 4.68 Å². The molecule has 1 heterocycles. The number of nitrogens with zero attached hydrogens (tertiary/aromatic N) is 3. The lowest BCUT2D eigenvalue weighted by molar-refractivity contribution is 0.471. The molecule has 2 N–H and O–H groups in total. The lowest BCUT2D eigenvalue weighted by Crippen LogP contribution is -2.09. The highest BCUT2D eigenvalue weighted by Gasteiger charge is 2.22. The Labute approximate surface area is 83.5 Å². The Morgan fingerprint density at radius 1 is 1.50 bits per heavy atom. The van der Waals surface area contributed by atoms with Crippen LogP contribution >= 0.6 is 0 Å². The fourth-order valence-electron chi connectivity index (χ4n) is 2.12. The molecule has 0 bridgehead atoms. The topological polar surface area (TPSA) is 48.2 Å². The average Bonchev–Trinajstić information content (AvgIpc) is 2.74. The highest BCUT2D eigenvalue weighted by atomic mass is 15.3. The molecule has 0 spiro atoms. The van der Waals surface area contributed by atoms with E-state index in [1.54, 1.807) is 0 Å². The maximum absolute atomic E-state index is 7.00. The van der Waals surface area contributed by atoms with Crippen LogP contribution in [0.25, 0.3) is 4.85 Å². The highest BCUT2D eigenvalue weighted by Crippen LogP contribution is 2.35. The summed E-state index contributed by atoms with van der Waals surface area (Å²) < 4.78 is 1.84. The van der Waals surface area contributed by atoms with Gasteiger partial charge in [0.2, 0.25) is 5.69 Å². The molecule has 1 aromatic rings. The van der Waals surface area contributed by atoms with Crippen LogP contribution in [0.4, 0.5) is 11.5 Å². The van der Waals surface area contributed by atoms with Crippen LogP contribution in [0, 0.1) is 13.5 Å². The summed E-state index contributed by atoms with van der Waals surface area (Å²) in [5.74, 6) is 0.546. The summed E-state index contributed by atoms with van der Waals surface area (Å²) in [6, 6.07) is 0.421. The second kappa shape index (κ2) is 3.33. The number of hydrogen-bond donors (Lipinski definition) is 1. The maximum atomic E-state index is 7.00. The summed E-state index contributed by atoms with van der Waals surface area (Å²) in [5, 5.41) is 4.34. The van der Waals surface area contributed by atoms with E-state index in [-0.39, 0.29) is 0 Å². The second-order valence-corrected chi connectivity index (χ2v) is 3.81. The number of nitrogens with two attached hydrogens (primary N) is 1. The summed E-state index contributed by atoms with van der Waals surface area (Å²) in [4.78, 5) is 3.40. The zero-order valence-electron chi connectivity index (χ0n) is 8.32. The molecular weight excluding hydrogens is 176 g/mol. The Hall–Kier alpha value is -1.50. The quantitative estimate of drug-likeness (QED) is 0.691. The fraction of sp³-hybridized carbons (Fsp3) is 0.600. The standard InChI is InChI=1S/C10H14N4/c1-7-9(12-2)10(11)14(13-7)8-5-3-4-6-8/h8H,3-6,11H2,1H3. The molecule has 4 nitrogen and oxygen atoms in total. The van der Waals surface area contributed by atoms with Crippen molar-refractivity contribution in [2.45, 2.75) is 38.6 Å². The second-order valence-electron chi connectivity index (χ2n) is 3.81. The van der Waals surface area contributed by atoms with E-state index in [1.165, 1.54) is 12.8 Å². The van der Waals surface area contributed by atoms with Crippen LogP contribution < -0.4 is 5.73 Å². The molecule has 1 fully saturated rings. The van der Waals surface area contributed by atoms with Gasteiger partial charge >= 0.3 is 0 Å². The van der Waals surface area contributed by atoms with Crippen molar-refractivity contribution in [1.29, 1.82) is 0 Å². The smallest absolute Gasteiger partial charge is 0.249 e. The minimum absolute atomic E-state index is 0.421. The molecule has 1 saturated carbocycles. The molecule has 4 heteroatoms. The molecule has 0 radical (unpaired) electrons. The predicted molar refractivity (Wildman–Crippen MR) is 55.1 cm³/mol. The predicted octanol–water partition coefficient (Wildman–Crippen LogP) is 2.44. The third-order valence-corrected chi connectivity index (χ3v) is 2.87. The monoisotopic (exact) mass is 190 g/mol. The molecule has 1 aliphatic carbocycles. The van der Waals surface area contributed by atoms with E-state index in [0.717, 1.165) is 18.5 Å². The van der Waals surface area contributed by atoms with Crippen LogP contribution in [-0.4, -0.2) is 9.78 Å². The van der Waals surface area contributed by atoms with Gasteiger partial charge in [0.1, 0.15) is 5.82 Å². The molecule has 0 unspecified atom stereocenters. The van der Waals surface area contributed by atoms with Crippen LogP contribution in [0.15, 0.2) is 0 Å². The summed E-state index contributed by atoms with van der Waals surface area (Å²) in [7, 11) is 0. The minimum atomic E-state index is 0.421. The Kier molecular flexibility index (Phi) is 2.16. The van der Waals surface area contributed by atoms with Crippen molar-refractivity contribution >= 4 is 11.5 Å². The normalized spacial score (nSPS) is 17.1. The van der Waals surface area contributed by atoms with Crippen molar-refractivity contribution in [2.75, 3.05) is 5.73 Å². The molecule has 0 aromatic carbocycles. The zero-order valence-corrected chi connectivity index (χ0v) is 8.32. The van der Waals surface area contributed by atoms with E-state index < -0.39 is 0 Å². The SMILES string of the molecule is [C-]#[N+]c1c(C)nn(C2CCCC2)c1N. The number of nitrogen functional groups attached to an aromatic ring is 1. The summed E-state index contributed by atoms with van der Waals surface area (Å²) in [6.45, 7) is 8.84. The van der Waals surface area contributed by atoms with Gasteiger partial charge in [-0.05, 0) is 19.8 Å². The first-order valence-electron chi connectivity index (χ1n) is 4.96. The van der Waals surface area contributed by atoms with Crippen molar-refractivity contribution in [2.24, 2.45) is 0 Å². The van der Waals surface area contributed by atoms with Gasteiger partial charge in [0, 0.05) is 0 Å². The number of anilines is 1. The van der Waals surface area contributed by atoms with Crippen LogP contribution in [0.5, 0.6) is 0 Å². The van der Waals surface area contributed by atoms with Crippen molar-refractivity contribution in [1.82, 2.24) is 9.78 Å². The lowest BCUT2D eigenvalue weighted by Gasteiger charge is -2.11. The van der Waals surface area contributed by atoms with E-state index in [9.17, 15) is 0 Å². The Morgan fingerprint density at radius 2 is 2.14 bits per heavy atom. The molecule has 0 atom stereocenters. The van der Waals surface area contributed by atoms with Gasteiger partial charge < -0.3 is 5.73 Å². The minimum Gasteiger partial charge on any atom is -0.393 e. The Balaban J connectivity index is 2.39. The van der Waals surface area contributed by atoms with E-state index >= 15 is 0 Å². The van der Waals surface area contributed by atoms with Gasteiger partial charge in [-0.2, -0.15) is 5.10 Å². The molecule has 1 aliphatic rings. The molecular formula is C10H14N4. The van der Waals surface area contributed by atoms with Gasteiger partial charge in [-0.1, -0.05) is 12.8 Å². The van der Waals surface area contributed by atoms with E-state index in [0.29, 0.717) is 17.5 Å². The number of rotatable bonds is 1. The summed E-state index contributed by atoms with van der Waals surface area (Å²) in [6.07, 6.45) is 4.78. The van der Waals surface area contributed by atoms with Crippen molar-refractivity contribution in [3.05, 3.63) is 17.1 Å². The van der Waals surface area contributed by atoms with Crippen LogP contribution in [0.3, 0.4) is 0 Å². The van der Waals surface area contributed by atoms with E-state index in [1.807, 2.05) is 11.6 Å². The maximum Gasteiger partial charge on any atom is 0.249 e. The summed E-state index contributed by atoms with van der Waals surface area (Å²) in [5.41, 5.74) is 7.16. The van der Waals surface area contributed by atoms with Crippen LogP contribution in [0.2, 0.25) is 0 Å². The first kappa shape index (κ1) is 9.07. The van der Waals surface area contributed by atoms with E-state index in [2.05, 4.69) is 9.94 Å². The van der Waals surface area contributed by atoms with Gasteiger partial charge in [-0.25, -0.2) is 4.85 Å². The Morgan fingerprint density at radius 3 is 2.64 bits per heavy atom. The van der Waals surface area contributed by atoms with Crippen molar-refractivity contribution < 1.29 is 0 Å².